The molecule has 4 nitrogen and oxygen atoms in total. The maximum atomic E-state index is 12.3. The van der Waals surface area contributed by atoms with Gasteiger partial charge in [0, 0.05) is 32.5 Å². The Kier molecular flexibility index (Phi) is 5.56. The summed E-state index contributed by atoms with van der Waals surface area (Å²) in [4.78, 5) is 24.5. The minimum Gasteiger partial charge on any atom is -0.322 e. The van der Waals surface area contributed by atoms with Crippen molar-refractivity contribution in [3.63, 3.8) is 0 Å². The average Bonchev–Trinajstić information content (AvgIpc) is 2.63. The third-order valence-corrected chi connectivity index (χ3v) is 4.10. The van der Waals surface area contributed by atoms with Gasteiger partial charge in [0.05, 0.1) is 0 Å². The Morgan fingerprint density at radius 2 is 1.00 bits per heavy atom. The molecule has 3 aromatic rings. The van der Waals surface area contributed by atoms with E-state index in [-0.39, 0.29) is 11.8 Å². The number of benzene rings is 3. The number of carbonyl (C=O) groups excluding carboxylic acids is 2. The van der Waals surface area contributed by atoms with Gasteiger partial charge in [0.25, 0.3) is 11.8 Å². The number of rotatable bonds is 4. The third kappa shape index (κ3) is 4.63. The van der Waals surface area contributed by atoms with Crippen molar-refractivity contribution in [2.75, 3.05) is 10.6 Å². The Morgan fingerprint density at radius 3 is 1.38 bits per heavy atom. The number of hydrogen-bond acceptors (Lipinski definition) is 2. The lowest BCUT2D eigenvalue weighted by Crippen LogP contribution is -2.13. The van der Waals surface area contributed by atoms with Crippen LogP contribution in [0.1, 0.15) is 20.7 Å². The molecule has 2 N–H and O–H groups in total. The fourth-order valence-corrected chi connectivity index (χ4v) is 2.54. The van der Waals surface area contributed by atoms with Crippen LogP contribution in [0.25, 0.3) is 0 Å². The van der Waals surface area contributed by atoms with Gasteiger partial charge >= 0.3 is 0 Å². The fourth-order valence-electron chi connectivity index (χ4n) is 2.28. The summed E-state index contributed by atoms with van der Waals surface area (Å²) in [7, 11) is 0. The molecule has 3 aromatic carbocycles. The maximum absolute atomic E-state index is 12.3. The van der Waals surface area contributed by atoms with Crippen molar-refractivity contribution in [1.29, 1.82) is 0 Å². The molecule has 3 rings (SSSR count). The van der Waals surface area contributed by atoms with Crippen LogP contribution in [-0.2, 0) is 0 Å². The van der Waals surface area contributed by atoms with Crippen LogP contribution in [0.2, 0.25) is 10.0 Å². The van der Waals surface area contributed by atoms with Crippen molar-refractivity contribution in [2.45, 2.75) is 0 Å². The summed E-state index contributed by atoms with van der Waals surface area (Å²) in [5.41, 5.74) is 2.12. The second-order valence-electron chi connectivity index (χ2n) is 5.50. The van der Waals surface area contributed by atoms with Gasteiger partial charge in [-0.05, 0) is 66.7 Å². The number of amides is 2. The van der Waals surface area contributed by atoms with E-state index >= 15 is 0 Å². The molecule has 0 saturated heterocycles. The molecule has 130 valence electrons. The highest BCUT2D eigenvalue weighted by molar-refractivity contribution is 6.31. The number of hydrogen-bond donors (Lipinski definition) is 2. The van der Waals surface area contributed by atoms with Crippen molar-refractivity contribution in [1.82, 2.24) is 0 Å². The summed E-state index contributed by atoms with van der Waals surface area (Å²) in [5.74, 6) is -0.523. The number of nitrogens with one attached hydrogen (secondary N) is 2. The van der Waals surface area contributed by atoms with Gasteiger partial charge in [0.1, 0.15) is 0 Å². The summed E-state index contributed by atoms with van der Waals surface area (Å²) < 4.78 is 0. The molecule has 0 bridgehead atoms. The van der Waals surface area contributed by atoms with E-state index in [9.17, 15) is 9.59 Å². The maximum Gasteiger partial charge on any atom is 0.255 e. The summed E-state index contributed by atoms with van der Waals surface area (Å²) in [6, 6.07) is 20.1. The quantitative estimate of drug-likeness (QED) is 0.623. The van der Waals surface area contributed by atoms with Crippen LogP contribution >= 0.6 is 23.2 Å². The molecule has 0 aliphatic heterocycles. The molecule has 0 atom stereocenters. The first kappa shape index (κ1) is 18.0. The Balaban J connectivity index is 1.69. The summed E-state index contributed by atoms with van der Waals surface area (Å²) >= 11 is 11.7. The SMILES string of the molecule is O=C(Nc1cccc(NC(=O)c2ccc(Cl)cc2)c1)c1ccc(Cl)cc1. The van der Waals surface area contributed by atoms with Crippen LogP contribution in [0.3, 0.4) is 0 Å². The van der Waals surface area contributed by atoms with Crippen LogP contribution in [0.5, 0.6) is 0 Å². The zero-order valence-corrected chi connectivity index (χ0v) is 15.0. The molecule has 0 aromatic heterocycles. The van der Waals surface area contributed by atoms with E-state index in [0.29, 0.717) is 32.5 Å². The summed E-state index contributed by atoms with van der Waals surface area (Å²) in [5, 5.41) is 6.70. The monoisotopic (exact) mass is 384 g/mol. The first-order valence-corrected chi connectivity index (χ1v) is 8.51. The van der Waals surface area contributed by atoms with Gasteiger partial charge < -0.3 is 10.6 Å². The standard InChI is InChI=1S/C20H14Cl2N2O2/c21-15-8-4-13(5-9-15)19(25)23-17-2-1-3-18(12-17)24-20(26)14-6-10-16(22)11-7-14/h1-12H,(H,23,25)(H,24,26). The molecule has 0 heterocycles. The lowest BCUT2D eigenvalue weighted by atomic mass is 10.2. The molecular weight excluding hydrogens is 371 g/mol. The zero-order chi connectivity index (χ0) is 18.5. The Morgan fingerprint density at radius 1 is 0.615 bits per heavy atom. The van der Waals surface area contributed by atoms with Crippen LogP contribution in [0.15, 0.2) is 72.8 Å². The van der Waals surface area contributed by atoms with Gasteiger partial charge in [-0.25, -0.2) is 0 Å². The van der Waals surface area contributed by atoms with E-state index in [1.807, 2.05) is 0 Å². The first-order chi connectivity index (χ1) is 12.5. The molecule has 0 aliphatic rings. The molecule has 0 fully saturated rings. The largest absolute Gasteiger partial charge is 0.322 e. The highest BCUT2D eigenvalue weighted by Crippen LogP contribution is 2.18. The Hall–Kier alpha value is -2.82. The molecule has 0 unspecified atom stereocenters. The third-order valence-electron chi connectivity index (χ3n) is 3.59. The van der Waals surface area contributed by atoms with Gasteiger partial charge in [0.15, 0.2) is 0 Å². The van der Waals surface area contributed by atoms with E-state index in [0.717, 1.165) is 0 Å². The number of halogens is 2. The molecular formula is C20H14Cl2N2O2. The van der Waals surface area contributed by atoms with Crippen LogP contribution < -0.4 is 10.6 Å². The van der Waals surface area contributed by atoms with Gasteiger partial charge in [0.2, 0.25) is 0 Å². The van der Waals surface area contributed by atoms with Crippen molar-refractivity contribution in [2.24, 2.45) is 0 Å². The highest BCUT2D eigenvalue weighted by Gasteiger charge is 2.09. The van der Waals surface area contributed by atoms with E-state index in [1.54, 1.807) is 72.8 Å². The van der Waals surface area contributed by atoms with Gasteiger partial charge in [-0.2, -0.15) is 0 Å². The predicted octanol–water partition coefficient (Wildman–Crippen LogP) is 5.50. The molecule has 6 heteroatoms. The second-order valence-corrected chi connectivity index (χ2v) is 6.38. The molecule has 0 spiro atoms. The van der Waals surface area contributed by atoms with Crippen molar-refractivity contribution in [3.05, 3.63) is 94.0 Å². The molecule has 0 saturated carbocycles. The Labute approximate surface area is 160 Å². The molecule has 26 heavy (non-hydrogen) atoms. The summed E-state index contributed by atoms with van der Waals surface area (Å²) in [6.07, 6.45) is 0. The topological polar surface area (TPSA) is 58.2 Å². The van der Waals surface area contributed by atoms with Crippen LogP contribution in [-0.4, -0.2) is 11.8 Å². The van der Waals surface area contributed by atoms with E-state index in [2.05, 4.69) is 10.6 Å². The average molecular weight is 385 g/mol. The number of anilines is 2. The minimum absolute atomic E-state index is 0.261. The normalized spacial score (nSPS) is 10.2. The fraction of sp³-hybridized carbons (Fsp3) is 0. The van der Waals surface area contributed by atoms with Gasteiger partial charge in [-0.3, -0.25) is 9.59 Å². The summed E-state index contributed by atoms with van der Waals surface area (Å²) in [6.45, 7) is 0. The van der Waals surface area contributed by atoms with Gasteiger partial charge in [-0.1, -0.05) is 29.3 Å². The second kappa shape index (κ2) is 8.04. The van der Waals surface area contributed by atoms with E-state index in [1.165, 1.54) is 0 Å². The van der Waals surface area contributed by atoms with Crippen molar-refractivity contribution >= 4 is 46.4 Å². The van der Waals surface area contributed by atoms with Gasteiger partial charge in [-0.15, -0.1) is 0 Å². The smallest absolute Gasteiger partial charge is 0.255 e. The first-order valence-electron chi connectivity index (χ1n) is 7.75. The van der Waals surface area contributed by atoms with Crippen molar-refractivity contribution < 1.29 is 9.59 Å². The number of carbonyl (C=O) groups is 2. The minimum atomic E-state index is -0.261. The molecule has 2 amide bonds. The lowest BCUT2D eigenvalue weighted by molar-refractivity contribution is 0.101. The predicted molar refractivity (Wildman–Crippen MR) is 105 cm³/mol. The Bertz CT molecular complexity index is 864. The van der Waals surface area contributed by atoms with Crippen LogP contribution in [0, 0.1) is 0 Å². The van der Waals surface area contributed by atoms with E-state index in [4.69, 9.17) is 23.2 Å². The lowest BCUT2D eigenvalue weighted by Gasteiger charge is -2.09. The molecule has 0 aliphatic carbocycles. The highest BCUT2D eigenvalue weighted by atomic mass is 35.5. The molecule has 0 radical (unpaired) electrons. The van der Waals surface area contributed by atoms with Crippen LogP contribution in [0.4, 0.5) is 11.4 Å². The van der Waals surface area contributed by atoms with Crippen molar-refractivity contribution in [3.8, 4) is 0 Å². The zero-order valence-electron chi connectivity index (χ0n) is 13.5. The van der Waals surface area contributed by atoms with E-state index < -0.39 is 0 Å².